The Morgan fingerprint density at radius 1 is 0.969 bits per heavy atom. The van der Waals surface area contributed by atoms with Crippen molar-refractivity contribution < 1.29 is 4.79 Å². The number of anilines is 1. The summed E-state index contributed by atoms with van der Waals surface area (Å²) < 4.78 is 1.79. The van der Waals surface area contributed by atoms with Gasteiger partial charge < -0.3 is 9.80 Å². The quantitative estimate of drug-likeness (QED) is 0.329. The minimum absolute atomic E-state index is 0.114. The molecular weight excluding hydrogens is 444 g/mol. The molecule has 1 aliphatic heterocycles. The van der Waals surface area contributed by atoms with Crippen molar-refractivity contribution in [3.63, 3.8) is 0 Å². The SMILES string of the molecule is O=C(CSc1ncnc2c1cnn2-c1ccccc1)N1CCN(c2cccc(Cl)c2)CC1. The highest BCUT2D eigenvalue weighted by atomic mass is 35.5. The molecule has 0 radical (unpaired) electrons. The van der Waals surface area contributed by atoms with Crippen LogP contribution in [-0.2, 0) is 4.79 Å². The molecule has 7 nitrogen and oxygen atoms in total. The number of halogens is 1. The van der Waals surface area contributed by atoms with E-state index in [2.05, 4.69) is 26.0 Å². The monoisotopic (exact) mass is 464 g/mol. The van der Waals surface area contributed by atoms with Crippen LogP contribution in [-0.4, -0.2) is 62.5 Å². The third-order valence-electron chi connectivity index (χ3n) is 5.47. The minimum atomic E-state index is 0.114. The standard InChI is InChI=1S/C23H21ClN6OS/c24-17-5-4-8-19(13-17)28-9-11-29(12-10-28)21(31)15-32-23-20-14-27-30(22(20)25-16-26-23)18-6-2-1-3-7-18/h1-8,13-14,16H,9-12,15H2. The van der Waals surface area contributed by atoms with Crippen LogP contribution in [0.1, 0.15) is 0 Å². The number of carbonyl (C=O) groups excluding carboxylic acids is 1. The van der Waals surface area contributed by atoms with Gasteiger partial charge in [-0.25, -0.2) is 14.6 Å². The van der Waals surface area contributed by atoms with Gasteiger partial charge in [-0.2, -0.15) is 5.10 Å². The summed E-state index contributed by atoms with van der Waals surface area (Å²) in [5.74, 6) is 0.447. The molecule has 0 saturated carbocycles. The van der Waals surface area contributed by atoms with E-state index in [0.29, 0.717) is 18.8 Å². The molecule has 0 spiro atoms. The molecule has 1 fully saturated rings. The van der Waals surface area contributed by atoms with E-state index in [1.54, 1.807) is 10.9 Å². The van der Waals surface area contributed by atoms with Crippen LogP contribution in [0.15, 0.2) is 72.1 Å². The van der Waals surface area contributed by atoms with E-state index in [1.165, 1.54) is 18.1 Å². The summed E-state index contributed by atoms with van der Waals surface area (Å²) in [5.41, 5.74) is 2.76. The molecule has 1 aliphatic rings. The van der Waals surface area contributed by atoms with Crippen molar-refractivity contribution in [1.82, 2.24) is 24.6 Å². The zero-order valence-electron chi connectivity index (χ0n) is 17.3. The summed E-state index contributed by atoms with van der Waals surface area (Å²) in [6.45, 7) is 2.96. The van der Waals surface area contributed by atoms with Gasteiger partial charge in [-0.1, -0.05) is 47.6 Å². The zero-order valence-corrected chi connectivity index (χ0v) is 18.8. The molecule has 162 valence electrons. The fourth-order valence-electron chi connectivity index (χ4n) is 3.80. The van der Waals surface area contributed by atoms with E-state index in [0.717, 1.165) is 45.5 Å². The van der Waals surface area contributed by atoms with Crippen LogP contribution in [0, 0.1) is 0 Å². The number of nitrogens with zero attached hydrogens (tertiary/aromatic N) is 6. The van der Waals surface area contributed by atoms with Crippen LogP contribution >= 0.6 is 23.4 Å². The zero-order chi connectivity index (χ0) is 21.9. The number of amides is 1. The molecule has 3 heterocycles. The van der Waals surface area contributed by atoms with Crippen LogP contribution < -0.4 is 4.90 Å². The second-order valence-corrected chi connectivity index (χ2v) is 8.84. The molecule has 1 saturated heterocycles. The highest BCUT2D eigenvalue weighted by Crippen LogP contribution is 2.26. The van der Waals surface area contributed by atoms with E-state index in [9.17, 15) is 4.79 Å². The summed E-state index contributed by atoms with van der Waals surface area (Å²) >= 11 is 7.54. The molecular formula is C23H21ClN6OS. The van der Waals surface area contributed by atoms with E-state index in [4.69, 9.17) is 11.6 Å². The third kappa shape index (κ3) is 4.28. The molecule has 2 aromatic heterocycles. The maximum Gasteiger partial charge on any atom is 0.233 e. The van der Waals surface area contributed by atoms with Crippen molar-refractivity contribution in [2.45, 2.75) is 5.03 Å². The van der Waals surface area contributed by atoms with Gasteiger partial charge in [-0.05, 0) is 30.3 Å². The molecule has 5 rings (SSSR count). The number of benzene rings is 2. The number of thioether (sulfide) groups is 1. The first-order valence-corrected chi connectivity index (χ1v) is 11.7. The first-order chi connectivity index (χ1) is 15.7. The largest absolute Gasteiger partial charge is 0.368 e. The van der Waals surface area contributed by atoms with Gasteiger partial charge >= 0.3 is 0 Å². The first-order valence-electron chi connectivity index (χ1n) is 10.3. The van der Waals surface area contributed by atoms with Gasteiger partial charge in [0.15, 0.2) is 5.65 Å². The lowest BCUT2D eigenvalue weighted by Crippen LogP contribution is -2.49. The van der Waals surface area contributed by atoms with Gasteiger partial charge in [0.25, 0.3) is 0 Å². The molecule has 0 N–H and O–H groups in total. The van der Waals surface area contributed by atoms with Gasteiger partial charge in [0.2, 0.25) is 5.91 Å². The summed E-state index contributed by atoms with van der Waals surface area (Å²) in [5, 5.41) is 6.82. The lowest BCUT2D eigenvalue weighted by Gasteiger charge is -2.36. The number of hydrogen-bond acceptors (Lipinski definition) is 6. The Morgan fingerprint density at radius 2 is 1.75 bits per heavy atom. The van der Waals surface area contributed by atoms with Crippen molar-refractivity contribution in [2.75, 3.05) is 36.8 Å². The minimum Gasteiger partial charge on any atom is -0.368 e. The molecule has 32 heavy (non-hydrogen) atoms. The van der Waals surface area contributed by atoms with Gasteiger partial charge in [0.1, 0.15) is 11.4 Å². The summed E-state index contributed by atoms with van der Waals surface area (Å²) in [6.07, 6.45) is 3.29. The number of rotatable bonds is 5. The average Bonchev–Trinajstić information content (AvgIpc) is 3.28. The Bertz CT molecular complexity index is 1240. The number of para-hydroxylation sites is 1. The normalized spacial score (nSPS) is 14.2. The lowest BCUT2D eigenvalue weighted by molar-refractivity contribution is -0.128. The number of hydrogen-bond donors (Lipinski definition) is 0. The lowest BCUT2D eigenvalue weighted by atomic mass is 10.2. The van der Waals surface area contributed by atoms with Crippen LogP contribution in [0.5, 0.6) is 0 Å². The summed E-state index contributed by atoms with van der Waals surface area (Å²) in [7, 11) is 0. The second kappa shape index (κ2) is 9.18. The molecule has 2 aromatic carbocycles. The Labute approximate surface area is 195 Å². The van der Waals surface area contributed by atoms with Gasteiger partial charge in [0.05, 0.1) is 23.0 Å². The number of piperazine rings is 1. The molecule has 4 aromatic rings. The smallest absolute Gasteiger partial charge is 0.233 e. The van der Waals surface area contributed by atoms with E-state index in [1.807, 2.05) is 53.4 Å². The fourth-order valence-corrected chi connectivity index (χ4v) is 4.85. The third-order valence-corrected chi connectivity index (χ3v) is 6.69. The van der Waals surface area contributed by atoms with Gasteiger partial charge in [-0.3, -0.25) is 4.79 Å². The van der Waals surface area contributed by atoms with Crippen molar-refractivity contribution in [1.29, 1.82) is 0 Å². The predicted molar refractivity (Wildman–Crippen MR) is 128 cm³/mol. The summed E-state index contributed by atoms with van der Waals surface area (Å²) in [4.78, 5) is 25.8. The van der Waals surface area contributed by atoms with Crippen molar-refractivity contribution in [3.8, 4) is 5.69 Å². The molecule has 0 aliphatic carbocycles. The Morgan fingerprint density at radius 3 is 2.53 bits per heavy atom. The van der Waals surface area contributed by atoms with E-state index in [-0.39, 0.29) is 5.91 Å². The average molecular weight is 465 g/mol. The first kappa shape index (κ1) is 20.8. The van der Waals surface area contributed by atoms with Crippen molar-refractivity contribution in [3.05, 3.63) is 72.1 Å². The molecule has 0 bridgehead atoms. The predicted octanol–water partition coefficient (Wildman–Crippen LogP) is 3.91. The van der Waals surface area contributed by atoms with E-state index < -0.39 is 0 Å². The Hall–Kier alpha value is -3.10. The summed E-state index contributed by atoms with van der Waals surface area (Å²) in [6, 6.07) is 17.7. The number of fused-ring (bicyclic) bond motifs is 1. The number of carbonyl (C=O) groups is 1. The molecule has 0 atom stereocenters. The molecule has 9 heteroatoms. The second-order valence-electron chi connectivity index (χ2n) is 7.44. The van der Waals surface area contributed by atoms with Crippen LogP contribution in [0.4, 0.5) is 5.69 Å². The Balaban J connectivity index is 1.23. The van der Waals surface area contributed by atoms with Crippen LogP contribution in [0.25, 0.3) is 16.7 Å². The van der Waals surface area contributed by atoms with Gasteiger partial charge in [-0.15, -0.1) is 0 Å². The maximum absolute atomic E-state index is 12.8. The Kier molecular flexibility index (Phi) is 5.96. The van der Waals surface area contributed by atoms with Crippen molar-refractivity contribution >= 4 is 46.0 Å². The van der Waals surface area contributed by atoms with Crippen molar-refractivity contribution in [2.24, 2.45) is 0 Å². The highest BCUT2D eigenvalue weighted by molar-refractivity contribution is 8.00. The fraction of sp³-hybridized carbons (Fsp3) is 0.217. The van der Waals surface area contributed by atoms with E-state index >= 15 is 0 Å². The maximum atomic E-state index is 12.8. The topological polar surface area (TPSA) is 67.2 Å². The highest BCUT2D eigenvalue weighted by Gasteiger charge is 2.22. The number of aromatic nitrogens is 4. The van der Waals surface area contributed by atoms with Crippen LogP contribution in [0.3, 0.4) is 0 Å². The van der Waals surface area contributed by atoms with Gasteiger partial charge in [0, 0.05) is 36.9 Å². The molecule has 1 amide bonds. The molecule has 0 unspecified atom stereocenters. The van der Waals surface area contributed by atoms with Crippen LogP contribution in [0.2, 0.25) is 5.02 Å².